The maximum absolute atomic E-state index is 13.3. The summed E-state index contributed by atoms with van der Waals surface area (Å²) < 4.78 is 35.8. The number of fused-ring (bicyclic) bond motifs is 1. The first-order valence-corrected chi connectivity index (χ1v) is 14.3. The number of thiazole rings is 1. The number of sulfone groups is 1. The molecule has 1 aromatic carbocycles. The molecule has 14 heteroatoms. The molecule has 0 spiro atoms. The summed E-state index contributed by atoms with van der Waals surface area (Å²) in [6, 6.07) is 9.29. The number of benzene rings is 1. The van der Waals surface area contributed by atoms with E-state index in [-0.39, 0.29) is 45.5 Å². The molecule has 5 rings (SSSR count). The number of amides is 2. The molecule has 1 atom stereocenters. The lowest BCUT2D eigenvalue weighted by molar-refractivity contribution is -0.122. The van der Waals surface area contributed by atoms with Crippen molar-refractivity contribution in [2.24, 2.45) is 5.16 Å². The van der Waals surface area contributed by atoms with Crippen LogP contribution in [0.2, 0.25) is 0 Å². The number of hydrogen-bond acceptors (Lipinski definition) is 11. The van der Waals surface area contributed by atoms with Crippen molar-refractivity contribution in [1.82, 2.24) is 15.3 Å². The highest BCUT2D eigenvalue weighted by atomic mass is 32.2. The quantitative estimate of drug-likeness (QED) is 0.279. The zero-order valence-electron chi connectivity index (χ0n) is 20.4. The molecule has 3 heterocycles. The highest BCUT2D eigenvalue weighted by Gasteiger charge is 2.36. The van der Waals surface area contributed by atoms with Crippen molar-refractivity contribution in [1.29, 1.82) is 0 Å². The first-order valence-electron chi connectivity index (χ1n) is 11.9. The molecule has 2 N–H and O–H groups in total. The number of nitrogens with one attached hydrogen (secondary N) is 2. The summed E-state index contributed by atoms with van der Waals surface area (Å²) >= 11 is 1.12. The van der Waals surface area contributed by atoms with Gasteiger partial charge in [0.1, 0.15) is 10.3 Å². The van der Waals surface area contributed by atoms with Crippen molar-refractivity contribution in [3.8, 4) is 5.88 Å². The Hall–Kier alpha value is -3.62. The Kier molecular flexibility index (Phi) is 7.53. The van der Waals surface area contributed by atoms with E-state index in [0.717, 1.165) is 11.3 Å². The van der Waals surface area contributed by atoms with Crippen LogP contribution >= 0.6 is 11.3 Å². The smallest absolute Gasteiger partial charge is 0.280 e. The van der Waals surface area contributed by atoms with Gasteiger partial charge in [-0.3, -0.25) is 14.9 Å². The van der Waals surface area contributed by atoms with E-state index >= 15 is 0 Å². The van der Waals surface area contributed by atoms with E-state index in [0.29, 0.717) is 48.4 Å². The summed E-state index contributed by atoms with van der Waals surface area (Å²) in [6.07, 6.45) is 1.68. The van der Waals surface area contributed by atoms with Gasteiger partial charge in [-0.1, -0.05) is 28.6 Å². The minimum Gasteiger partial charge on any atom is -0.468 e. The fourth-order valence-electron chi connectivity index (χ4n) is 3.62. The molecule has 2 aromatic heterocycles. The standard InChI is InChI=1S/C24H25N5O7S2/c1-25-19(30)13-35-20-9-8-18-23(27-20)37-24(26-18)28-22(31)21(29-36-15-10-11-34-12-15)14-2-4-16(5-3-14)38(32,33)17-6-7-17/h2-5,8-9,15,17H,6-7,10-13H2,1H3,(H,25,30)(H,26,28,31)/t15-/m1/s1. The predicted molar refractivity (Wildman–Crippen MR) is 139 cm³/mol. The van der Waals surface area contributed by atoms with Gasteiger partial charge in [0.25, 0.3) is 11.8 Å². The molecule has 38 heavy (non-hydrogen) atoms. The van der Waals surface area contributed by atoms with E-state index in [1.165, 1.54) is 31.3 Å². The summed E-state index contributed by atoms with van der Waals surface area (Å²) in [5.41, 5.74) is 0.888. The van der Waals surface area contributed by atoms with Crippen molar-refractivity contribution < 1.29 is 32.3 Å². The molecule has 2 aliphatic rings. The lowest BCUT2D eigenvalue weighted by Gasteiger charge is -2.10. The molecule has 3 aromatic rings. The van der Waals surface area contributed by atoms with Crippen LogP contribution in [-0.4, -0.2) is 74.1 Å². The third-order valence-electron chi connectivity index (χ3n) is 5.90. The van der Waals surface area contributed by atoms with Crippen molar-refractivity contribution in [3.05, 3.63) is 42.0 Å². The van der Waals surface area contributed by atoms with E-state index < -0.39 is 15.7 Å². The predicted octanol–water partition coefficient (Wildman–Crippen LogP) is 1.90. The summed E-state index contributed by atoms with van der Waals surface area (Å²) in [6.45, 7) is 0.734. The molecule has 1 aliphatic carbocycles. The summed E-state index contributed by atoms with van der Waals surface area (Å²) in [4.78, 5) is 39.7. The van der Waals surface area contributed by atoms with Crippen LogP contribution in [0, 0.1) is 0 Å². The van der Waals surface area contributed by atoms with Crippen LogP contribution < -0.4 is 15.4 Å². The van der Waals surface area contributed by atoms with E-state index in [2.05, 4.69) is 25.8 Å². The van der Waals surface area contributed by atoms with E-state index in [4.69, 9.17) is 14.3 Å². The fraction of sp³-hybridized carbons (Fsp3) is 0.375. The Bertz CT molecular complexity index is 1480. The van der Waals surface area contributed by atoms with Crippen LogP contribution in [0.4, 0.5) is 5.13 Å². The minimum absolute atomic E-state index is 0.0333. The number of rotatable bonds is 10. The van der Waals surface area contributed by atoms with Gasteiger partial charge in [-0.15, -0.1) is 0 Å². The molecule has 0 bridgehead atoms. The molecule has 2 fully saturated rings. The maximum Gasteiger partial charge on any atom is 0.280 e. The Balaban J connectivity index is 1.35. The van der Waals surface area contributed by atoms with Crippen LogP contribution in [0.15, 0.2) is 46.4 Å². The fourth-order valence-corrected chi connectivity index (χ4v) is 6.11. The molecule has 12 nitrogen and oxygen atoms in total. The molecule has 2 amide bonds. The number of anilines is 1. The average molecular weight is 560 g/mol. The molecular weight excluding hydrogens is 534 g/mol. The van der Waals surface area contributed by atoms with Gasteiger partial charge >= 0.3 is 0 Å². The molecule has 1 aliphatic heterocycles. The van der Waals surface area contributed by atoms with Gasteiger partial charge in [0, 0.05) is 25.1 Å². The topological polar surface area (TPSA) is 158 Å². The van der Waals surface area contributed by atoms with Crippen molar-refractivity contribution in [2.45, 2.75) is 35.5 Å². The van der Waals surface area contributed by atoms with Gasteiger partial charge in [0.15, 0.2) is 33.4 Å². The molecule has 1 saturated carbocycles. The van der Waals surface area contributed by atoms with Crippen LogP contribution in [-0.2, 0) is 29.0 Å². The van der Waals surface area contributed by atoms with E-state index in [1.807, 2.05) is 0 Å². The first-order chi connectivity index (χ1) is 18.3. The normalized spacial score (nSPS) is 17.8. The minimum atomic E-state index is -3.37. The third-order valence-corrected chi connectivity index (χ3v) is 9.05. The second kappa shape index (κ2) is 11.0. The number of pyridine rings is 1. The van der Waals surface area contributed by atoms with E-state index in [1.54, 1.807) is 12.1 Å². The highest BCUT2D eigenvalue weighted by Crippen LogP contribution is 2.33. The molecular formula is C24H25N5O7S2. The molecule has 200 valence electrons. The van der Waals surface area contributed by atoms with Gasteiger partial charge in [0.05, 0.1) is 23.4 Å². The van der Waals surface area contributed by atoms with E-state index in [9.17, 15) is 18.0 Å². The number of oxime groups is 1. The third kappa shape index (κ3) is 5.92. The SMILES string of the molecule is CNC(=O)COc1ccc2nc(NC(=O)C(=NO[C@@H]3CCOC3)c3ccc(S(=O)(=O)C4CC4)cc3)sc2n1. The Morgan fingerprint density at radius 1 is 1.13 bits per heavy atom. The number of nitrogens with zero attached hydrogens (tertiary/aromatic N) is 3. The van der Waals surface area contributed by atoms with Crippen LogP contribution in [0.25, 0.3) is 10.3 Å². The zero-order chi connectivity index (χ0) is 26.7. The average Bonchev–Trinajstić information content (AvgIpc) is 3.52. The van der Waals surface area contributed by atoms with Crippen LogP contribution in [0.5, 0.6) is 5.88 Å². The Morgan fingerprint density at radius 3 is 2.61 bits per heavy atom. The molecule has 1 saturated heterocycles. The number of ether oxygens (including phenoxy) is 2. The first kappa shape index (κ1) is 26.0. The van der Waals surface area contributed by atoms with Crippen molar-refractivity contribution in [2.75, 3.05) is 32.2 Å². The van der Waals surface area contributed by atoms with Crippen molar-refractivity contribution in [3.63, 3.8) is 0 Å². The number of likely N-dealkylation sites (N-methyl/N-ethyl adjacent to an activating group) is 1. The van der Waals surface area contributed by atoms with Gasteiger partial charge in [0.2, 0.25) is 5.88 Å². The van der Waals surface area contributed by atoms with Gasteiger partial charge in [-0.05, 0) is 31.0 Å². The summed E-state index contributed by atoms with van der Waals surface area (Å²) in [7, 11) is -1.86. The van der Waals surface area contributed by atoms with Crippen LogP contribution in [0.3, 0.4) is 0 Å². The number of carbonyl (C=O) groups excluding carboxylic acids is 2. The van der Waals surface area contributed by atoms with Crippen molar-refractivity contribution >= 4 is 54.2 Å². The Morgan fingerprint density at radius 2 is 1.92 bits per heavy atom. The van der Waals surface area contributed by atoms with Gasteiger partial charge in [-0.25, -0.2) is 18.4 Å². The summed E-state index contributed by atoms with van der Waals surface area (Å²) in [5.74, 6) is -0.629. The number of hydrogen-bond donors (Lipinski definition) is 2. The van der Waals surface area contributed by atoms with Crippen LogP contribution in [0.1, 0.15) is 24.8 Å². The number of aromatic nitrogens is 2. The second-order valence-corrected chi connectivity index (χ2v) is 11.9. The summed E-state index contributed by atoms with van der Waals surface area (Å²) in [5, 5.41) is 9.22. The Labute approximate surface area is 222 Å². The maximum atomic E-state index is 13.3. The second-order valence-electron chi connectivity index (χ2n) is 8.71. The number of carbonyl (C=O) groups is 2. The van der Waals surface area contributed by atoms with Gasteiger partial charge in [-0.2, -0.15) is 0 Å². The molecule has 0 unspecified atom stereocenters. The highest BCUT2D eigenvalue weighted by molar-refractivity contribution is 7.92. The lowest BCUT2D eigenvalue weighted by Crippen LogP contribution is -2.25. The largest absolute Gasteiger partial charge is 0.468 e. The lowest BCUT2D eigenvalue weighted by atomic mass is 10.1. The van der Waals surface area contributed by atoms with Gasteiger partial charge < -0.3 is 19.6 Å². The molecule has 0 radical (unpaired) electrons. The zero-order valence-corrected chi connectivity index (χ0v) is 22.0. The monoisotopic (exact) mass is 559 g/mol.